The monoisotopic (exact) mass is 215 g/mol. The van der Waals surface area contributed by atoms with Gasteiger partial charge in [-0.2, -0.15) is 0 Å². The van der Waals surface area contributed by atoms with Crippen LogP contribution in [0.2, 0.25) is 0 Å². The molecule has 0 bridgehead atoms. The van der Waals surface area contributed by atoms with Crippen molar-refractivity contribution >= 4 is 5.69 Å². The van der Waals surface area contributed by atoms with Crippen molar-refractivity contribution < 1.29 is 4.74 Å². The van der Waals surface area contributed by atoms with Gasteiger partial charge in [0.25, 0.3) is 0 Å². The third-order valence-corrected chi connectivity index (χ3v) is 2.48. The molecule has 0 spiro atoms. The molecule has 0 fully saturated rings. The summed E-state index contributed by atoms with van der Waals surface area (Å²) in [4.78, 5) is 10.2. The molecule has 1 aromatic carbocycles. The Balaban J connectivity index is 1.99. The van der Waals surface area contributed by atoms with E-state index in [-0.39, 0.29) is 6.10 Å². The maximum absolute atomic E-state index is 10.2. The van der Waals surface area contributed by atoms with Crippen molar-refractivity contribution in [3.05, 3.63) is 53.0 Å². The lowest BCUT2D eigenvalue weighted by Crippen LogP contribution is -2.14. The molecule has 0 aliphatic heterocycles. The zero-order valence-electron chi connectivity index (χ0n) is 9.09. The molecule has 3 nitrogen and oxygen atoms in total. The zero-order valence-corrected chi connectivity index (χ0v) is 9.09. The number of hydrogen-bond acceptors (Lipinski definition) is 3. The van der Waals surface area contributed by atoms with Gasteiger partial charge in [0.1, 0.15) is 17.5 Å². The highest BCUT2D eigenvalue weighted by atomic mass is 16.5. The van der Waals surface area contributed by atoms with Crippen LogP contribution in [0.3, 0.4) is 0 Å². The lowest BCUT2D eigenvalue weighted by molar-refractivity contribution is 0.251. The van der Waals surface area contributed by atoms with Crippen molar-refractivity contribution in [1.29, 1.82) is 0 Å². The molecule has 0 heterocycles. The first-order chi connectivity index (χ1) is 7.78. The van der Waals surface area contributed by atoms with Crippen LogP contribution in [0.1, 0.15) is 13.3 Å². The fraction of sp³-hybridized carbons (Fsp3) is 0.231. The summed E-state index contributed by atoms with van der Waals surface area (Å²) >= 11 is 0. The molecular formula is C13H13NO2. The molecule has 1 unspecified atom stereocenters. The maximum atomic E-state index is 10.2. The molecule has 0 amide bonds. The standard InChI is InChI=1S/C13H13NO2/c1-10-2-6-12(7-3-10)16-13-8-4-11(14-15)5-9-13/h2-6,8-9,12H,7H2,1H3. The van der Waals surface area contributed by atoms with Gasteiger partial charge in [-0.05, 0) is 42.4 Å². The van der Waals surface area contributed by atoms with Crippen LogP contribution in [0.4, 0.5) is 5.69 Å². The number of allylic oxidation sites excluding steroid dienone is 2. The van der Waals surface area contributed by atoms with Crippen LogP contribution in [0.25, 0.3) is 0 Å². The molecular weight excluding hydrogens is 202 g/mol. The number of benzene rings is 1. The van der Waals surface area contributed by atoms with Gasteiger partial charge in [-0.25, -0.2) is 0 Å². The molecule has 0 saturated heterocycles. The van der Waals surface area contributed by atoms with Crippen molar-refractivity contribution in [2.45, 2.75) is 19.4 Å². The Hall–Kier alpha value is -1.90. The summed E-state index contributed by atoms with van der Waals surface area (Å²) in [6, 6.07) is 6.82. The Bertz CT molecular complexity index is 432. The van der Waals surface area contributed by atoms with Gasteiger partial charge in [-0.3, -0.25) is 0 Å². The van der Waals surface area contributed by atoms with E-state index in [9.17, 15) is 4.91 Å². The summed E-state index contributed by atoms with van der Waals surface area (Å²) < 4.78 is 5.73. The highest BCUT2D eigenvalue weighted by molar-refractivity contribution is 5.41. The highest BCUT2D eigenvalue weighted by Crippen LogP contribution is 2.21. The largest absolute Gasteiger partial charge is 0.486 e. The smallest absolute Gasteiger partial charge is 0.121 e. The van der Waals surface area contributed by atoms with Crippen molar-refractivity contribution in [3.63, 3.8) is 0 Å². The molecule has 0 N–H and O–H groups in total. The minimum absolute atomic E-state index is 0.0822. The second-order valence-electron chi connectivity index (χ2n) is 3.78. The van der Waals surface area contributed by atoms with E-state index >= 15 is 0 Å². The summed E-state index contributed by atoms with van der Waals surface area (Å²) in [5, 5.41) is 2.84. The molecule has 2 rings (SSSR count). The maximum Gasteiger partial charge on any atom is 0.121 e. The summed E-state index contributed by atoms with van der Waals surface area (Å²) in [5.41, 5.74) is 1.68. The molecule has 1 aliphatic carbocycles. The number of ether oxygens (including phenoxy) is 1. The molecule has 16 heavy (non-hydrogen) atoms. The molecule has 1 aromatic rings. The third-order valence-electron chi connectivity index (χ3n) is 2.48. The van der Waals surface area contributed by atoms with Crippen LogP contribution in [0, 0.1) is 4.91 Å². The molecule has 1 aliphatic rings. The Morgan fingerprint density at radius 3 is 2.62 bits per heavy atom. The van der Waals surface area contributed by atoms with Crippen molar-refractivity contribution in [2.75, 3.05) is 0 Å². The van der Waals surface area contributed by atoms with E-state index in [4.69, 9.17) is 4.74 Å². The first kappa shape index (κ1) is 10.6. The van der Waals surface area contributed by atoms with E-state index in [0.717, 1.165) is 12.2 Å². The van der Waals surface area contributed by atoms with Crippen LogP contribution in [0.5, 0.6) is 5.75 Å². The van der Waals surface area contributed by atoms with E-state index in [1.165, 1.54) is 5.57 Å². The van der Waals surface area contributed by atoms with Gasteiger partial charge in [-0.15, -0.1) is 4.91 Å². The van der Waals surface area contributed by atoms with Gasteiger partial charge in [-0.1, -0.05) is 17.7 Å². The van der Waals surface area contributed by atoms with Crippen LogP contribution < -0.4 is 4.74 Å². The number of rotatable bonds is 3. The predicted molar refractivity (Wildman–Crippen MR) is 63.8 cm³/mol. The van der Waals surface area contributed by atoms with E-state index in [2.05, 4.69) is 24.3 Å². The van der Waals surface area contributed by atoms with Gasteiger partial charge in [0.05, 0.1) is 0 Å². The average Bonchev–Trinajstić information content (AvgIpc) is 2.33. The van der Waals surface area contributed by atoms with Gasteiger partial charge in [0, 0.05) is 6.42 Å². The minimum atomic E-state index is 0.0822. The Kier molecular flexibility index (Phi) is 3.15. The summed E-state index contributed by atoms with van der Waals surface area (Å²) in [6.45, 7) is 2.07. The first-order valence-corrected chi connectivity index (χ1v) is 5.23. The molecule has 1 atom stereocenters. The second-order valence-corrected chi connectivity index (χ2v) is 3.78. The van der Waals surface area contributed by atoms with Gasteiger partial charge >= 0.3 is 0 Å². The van der Waals surface area contributed by atoms with E-state index in [0.29, 0.717) is 5.69 Å². The predicted octanol–water partition coefficient (Wildman–Crippen LogP) is 3.74. The van der Waals surface area contributed by atoms with Gasteiger partial charge < -0.3 is 4.74 Å². The highest BCUT2D eigenvalue weighted by Gasteiger charge is 2.08. The van der Waals surface area contributed by atoms with Gasteiger partial charge in [0.15, 0.2) is 0 Å². The van der Waals surface area contributed by atoms with Crippen LogP contribution in [0.15, 0.2) is 53.2 Å². The number of hydrogen-bond donors (Lipinski definition) is 0. The normalized spacial score (nSPS) is 19.1. The topological polar surface area (TPSA) is 38.7 Å². The Labute approximate surface area is 94.4 Å². The lowest BCUT2D eigenvalue weighted by Gasteiger charge is -2.17. The molecule has 0 saturated carbocycles. The van der Waals surface area contributed by atoms with Crippen molar-refractivity contribution in [2.24, 2.45) is 5.18 Å². The van der Waals surface area contributed by atoms with E-state index < -0.39 is 0 Å². The SMILES string of the molecule is CC1=CCC(Oc2ccc(N=O)cc2)C=C1. The van der Waals surface area contributed by atoms with Crippen LogP contribution >= 0.6 is 0 Å². The third kappa shape index (κ3) is 2.57. The average molecular weight is 215 g/mol. The van der Waals surface area contributed by atoms with Crippen LogP contribution in [-0.2, 0) is 0 Å². The molecule has 82 valence electrons. The summed E-state index contributed by atoms with van der Waals surface area (Å²) in [6.07, 6.45) is 7.21. The first-order valence-electron chi connectivity index (χ1n) is 5.23. The number of nitroso groups, excluding NO2 is 1. The lowest BCUT2D eigenvalue weighted by atomic mass is 10.1. The fourth-order valence-corrected chi connectivity index (χ4v) is 1.56. The summed E-state index contributed by atoms with van der Waals surface area (Å²) in [5.74, 6) is 0.759. The second kappa shape index (κ2) is 4.75. The molecule has 0 radical (unpaired) electrons. The Morgan fingerprint density at radius 2 is 2.06 bits per heavy atom. The van der Waals surface area contributed by atoms with Crippen molar-refractivity contribution in [3.8, 4) is 5.75 Å². The quantitative estimate of drug-likeness (QED) is 0.720. The fourth-order valence-electron chi connectivity index (χ4n) is 1.56. The summed E-state index contributed by atoms with van der Waals surface area (Å²) in [7, 11) is 0. The van der Waals surface area contributed by atoms with E-state index in [1.807, 2.05) is 6.08 Å². The van der Waals surface area contributed by atoms with Gasteiger partial charge in [0.2, 0.25) is 0 Å². The number of nitrogens with zero attached hydrogens (tertiary/aromatic N) is 1. The minimum Gasteiger partial charge on any atom is -0.486 e. The van der Waals surface area contributed by atoms with Crippen LogP contribution in [-0.4, -0.2) is 6.10 Å². The van der Waals surface area contributed by atoms with Crippen molar-refractivity contribution in [1.82, 2.24) is 0 Å². The molecule has 3 heteroatoms. The molecule has 0 aromatic heterocycles. The van der Waals surface area contributed by atoms with E-state index in [1.54, 1.807) is 24.3 Å². The zero-order chi connectivity index (χ0) is 11.4. The Morgan fingerprint density at radius 1 is 1.31 bits per heavy atom.